The maximum absolute atomic E-state index is 12.9. The summed E-state index contributed by atoms with van der Waals surface area (Å²) < 4.78 is 0. The summed E-state index contributed by atoms with van der Waals surface area (Å²) in [6.45, 7) is 6.40. The average molecular weight is 504 g/mol. The van der Waals surface area contributed by atoms with Crippen LogP contribution in [0.4, 0.5) is 22.0 Å². The fourth-order valence-electron chi connectivity index (χ4n) is 3.39. The molecule has 0 aliphatic heterocycles. The summed E-state index contributed by atoms with van der Waals surface area (Å²) in [7, 11) is 0. The number of nitrogens with one attached hydrogen (secondary N) is 3. The first-order chi connectivity index (χ1) is 16.8. The fraction of sp³-hybridized carbons (Fsp3) is 0.222. The van der Waals surface area contributed by atoms with Crippen molar-refractivity contribution in [3.8, 4) is 0 Å². The lowest BCUT2D eigenvalue weighted by Crippen LogP contribution is -2.33. The van der Waals surface area contributed by atoms with Gasteiger partial charge in [-0.3, -0.25) is 5.32 Å². The number of thiazole rings is 1. The van der Waals surface area contributed by atoms with Crippen molar-refractivity contribution in [1.82, 2.24) is 15.3 Å². The maximum Gasteiger partial charge on any atom is 0.321 e. The van der Waals surface area contributed by atoms with Crippen molar-refractivity contribution in [2.75, 3.05) is 16.9 Å². The lowest BCUT2D eigenvalue weighted by atomic mass is 9.93. The number of thioether (sulfide) groups is 1. The summed E-state index contributed by atoms with van der Waals surface area (Å²) >= 11 is 3.25. The first kappa shape index (κ1) is 24.8. The number of pyridine rings is 1. The molecule has 0 radical (unpaired) electrons. The molecule has 4 rings (SSSR count). The van der Waals surface area contributed by atoms with Gasteiger partial charge in [-0.1, -0.05) is 57.2 Å². The van der Waals surface area contributed by atoms with Crippen LogP contribution < -0.4 is 16.0 Å². The zero-order chi connectivity index (χ0) is 24.8. The first-order valence-electron chi connectivity index (χ1n) is 11.3. The van der Waals surface area contributed by atoms with Crippen molar-refractivity contribution >= 4 is 46.3 Å². The van der Waals surface area contributed by atoms with Crippen molar-refractivity contribution in [2.45, 2.75) is 37.1 Å². The van der Waals surface area contributed by atoms with Gasteiger partial charge in [-0.2, -0.15) is 0 Å². The third-order valence-electron chi connectivity index (χ3n) is 5.31. The quantitative estimate of drug-likeness (QED) is 0.232. The predicted octanol–water partition coefficient (Wildman–Crippen LogP) is 7.21. The molecule has 0 spiro atoms. The fourth-order valence-corrected chi connectivity index (χ4v) is 4.97. The summed E-state index contributed by atoms with van der Waals surface area (Å²) in [5.41, 5.74) is 3.75. The van der Waals surface area contributed by atoms with E-state index in [1.165, 1.54) is 4.90 Å². The van der Waals surface area contributed by atoms with Crippen molar-refractivity contribution in [1.29, 1.82) is 0 Å². The second-order valence-corrected chi connectivity index (χ2v) is 10.8. The number of nitrogens with zero attached hydrogens (tertiary/aromatic N) is 2. The van der Waals surface area contributed by atoms with Crippen LogP contribution in [-0.2, 0) is 5.41 Å². The number of hydrogen-bond acceptors (Lipinski definition) is 6. The molecule has 0 aliphatic rings. The van der Waals surface area contributed by atoms with Crippen LogP contribution in [0.1, 0.15) is 43.1 Å². The topological polar surface area (TPSA) is 78.9 Å². The van der Waals surface area contributed by atoms with Gasteiger partial charge in [0.1, 0.15) is 16.9 Å². The van der Waals surface area contributed by atoms with E-state index in [0.29, 0.717) is 5.82 Å². The summed E-state index contributed by atoms with van der Waals surface area (Å²) in [5.74, 6) is 0.465. The highest BCUT2D eigenvalue weighted by Gasteiger charge is 2.24. The molecule has 3 N–H and O–H groups in total. The van der Waals surface area contributed by atoms with Crippen molar-refractivity contribution in [2.24, 2.45) is 0 Å². The van der Waals surface area contributed by atoms with Gasteiger partial charge in [0.25, 0.3) is 0 Å². The summed E-state index contributed by atoms with van der Waals surface area (Å²) in [6.07, 6.45) is 3.75. The molecule has 0 saturated heterocycles. The monoisotopic (exact) mass is 503 g/mol. The van der Waals surface area contributed by atoms with Gasteiger partial charge in [-0.15, -0.1) is 23.1 Å². The normalized spacial score (nSPS) is 12.1. The van der Waals surface area contributed by atoms with Gasteiger partial charge in [-0.05, 0) is 42.2 Å². The number of carbonyl (C=O) groups is 1. The number of hydrogen-bond donors (Lipinski definition) is 3. The Morgan fingerprint density at radius 1 is 1.00 bits per heavy atom. The number of aromatic nitrogens is 2. The Hall–Kier alpha value is -3.36. The number of amides is 2. The Balaban J connectivity index is 1.45. The van der Waals surface area contributed by atoms with Crippen LogP contribution in [0.25, 0.3) is 0 Å². The molecule has 2 aromatic heterocycles. The molecule has 1 unspecified atom stereocenters. The van der Waals surface area contributed by atoms with Crippen molar-refractivity contribution < 1.29 is 4.79 Å². The molecule has 4 aromatic rings. The van der Waals surface area contributed by atoms with Crippen LogP contribution >= 0.6 is 23.1 Å². The molecule has 180 valence electrons. The van der Waals surface area contributed by atoms with Gasteiger partial charge in [0, 0.05) is 21.4 Å². The molecule has 35 heavy (non-hydrogen) atoms. The SMILES string of the molecule is CSc1cccc(Nc2ccc(NC(=O)NC(c3ccccc3)c3nc(C(C)(C)C)cs3)nc2)c1. The number of anilines is 3. The summed E-state index contributed by atoms with van der Waals surface area (Å²) in [5, 5.41) is 12.2. The second kappa shape index (κ2) is 10.9. The van der Waals surface area contributed by atoms with E-state index in [-0.39, 0.29) is 17.5 Å². The Bertz CT molecular complexity index is 1270. The average Bonchev–Trinajstić information content (AvgIpc) is 3.35. The van der Waals surface area contributed by atoms with E-state index in [2.05, 4.69) is 59.2 Å². The highest BCUT2D eigenvalue weighted by molar-refractivity contribution is 7.98. The highest BCUT2D eigenvalue weighted by atomic mass is 32.2. The van der Waals surface area contributed by atoms with E-state index >= 15 is 0 Å². The molecule has 2 heterocycles. The molecule has 0 fully saturated rings. The molecule has 0 aliphatic carbocycles. The third kappa shape index (κ3) is 6.61. The third-order valence-corrected chi connectivity index (χ3v) is 6.94. The number of benzene rings is 2. The lowest BCUT2D eigenvalue weighted by molar-refractivity contribution is 0.250. The maximum atomic E-state index is 12.9. The van der Waals surface area contributed by atoms with Gasteiger partial charge in [0.15, 0.2) is 0 Å². The Morgan fingerprint density at radius 2 is 1.80 bits per heavy atom. The molecule has 6 nitrogen and oxygen atoms in total. The molecule has 0 saturated carbocycles. The van der Waals surface area contributed by atoms with Crippen molar-refractivity contribution in [3.05, 3.63) is 94.6 Å². The first-order valence-corrected chi connectivity index (χ1v) is 13.4. The van der Waals surface area contributed by atoms with Gasteiger partial charge >= 0.3 is 6.03 Å². The van der Waals surface area contributed by atoms with E-state index in [0.717, 1.165) is 27.6 Å². The van der Waals surface area contributed by atoms with Crippen LogP contribution in [0, 0.1) is 0 Å². The predicted molar refractivity (Wildman–Crippen MR) is 147 cm³/mol. The second-order valence-electron chi connectivity index (χ2n) is 9.05. The molecular formula is C27H29N5OS2. The highest BCUT2D eigenvalue weighted by Crippen LogP contribution is 2.30. The molecule has 2 aromatic carbocycles. The summed E-state index contributed by atoms with van der Waals surface area (Å²) in [6, 6.07) is 21.0. The molecule has 8 heteroatoms. The molecule has 2 amide bonds. The van der Waals surface area contributed by atoms with Gasteiger partial charge < -0.3 is 10.6 Å². The number of rotatable bonds is 7. The molecule has 0 bridgehead atoms. The summed E-state index contributed by atoms with van der Waals surface area (Å²) in [4.78, 5) is 23.3. The minimum absolute atomic E-state index is 0.0609. The van der Waals surface area contributed by atoms with E-state index in [1.807, 2.05) is 54.8 Å². The van der Waals surface area contributed by atoms with Crippen molar-refractivity contribution in [3.63, 3.8) is 0 Å². The Labute approximate surface area is 214 Å². The zero-order valence-corrected chi connectivity index (χ0v) is 21.8. The van der Waals surface area contributed by atoms with Gasteiger partial charge in [-0.25, -0.2) is 14.8 Å². The van der Waals surface area contributed by atoms with Crippen LogP contribution in [0.3, 0.4) is 0 Å². The van der Waals surface area contributed by atoms with Gasteiger partial charge in [0.2, 0.25) is 0 Å². The van der Waals surface area contributed by atoms with E-state index in [1.54, 1.807) is 35.4 Å². The Morgan fingerprint density at radius 3 is 2.46 bits per heavy atom. The minimum Gasteiger partial charge on any atom is -0.354 e. The van der Waals surface area contributed by atoms with Gasteiger partial charge in [0.05, 0.1) is 17.6 Å². The standard InChI is InChI=1S/C27H29N5OS2/c1-27(2,3)22-17-35-25(30-22)24(18-9-6-5-7-10-18)32-26(33)31-23-14-13-20(16-28-23)29-19-11-8-12-21(15-19)34-4/h5-17,24,29H,1-4H3,(H2,28,31,32,33). The largest absolute Gasteiger partial charge is 0.354 e. The number of urea groups is 1. The smallest absolute Gasteiger partial charge is 0.321 e. The van der Waals surface area contributed by atoms with Crippen LogP contribution in [0.15, 0.2) is 83.2 Å². The van der Waals surface area contributed by atoms with Crippen LogP contribution in [0.2, 0.25) is 0 Å². The van der Waals surface area contributed by atoms with Crippen LogP contribution in [0.5, 0.6) is 0 Å². The van der Waals surface area contributed by atoms with E-state index in [9.17, 15) is 4.79 Å². The van der Waals surface area contributed by atoms with Crippen LogP contribution in [-0.4, -0.2) is 22.3 Å². The Kier molecular flexibility index (Phi) is 7.73. The van der Waals surface area contributed by atoms with E-state index in [4.69, 9.17) is 4.98 Å². The zero-order valence-electron chi connectivity index (χ0n) is 20.2. The minimum atomic E-state index is -0.359. The van der Waals surface area contributed by atoms with E-state index < -0.39 is 0 Å². The number of carbonyl (C=O) groups excluding carboxylic acids is 1. The molecular weight excluding hydrogens is 474 g/mol. The molecule has 1 atom stereocenters. The lowest BCUT2D eigenvalue weighted by Gasteiger charge is -2.18.